The number of aliphatic carboxylic acids is 1. The van der Waals surface area contributed by atoms with Crippen LogP contribution in [0.1, 0.15) is 42.6 Å². The first-order chi connectivity index (χ1) is 9.97. The van der Waals surface area contributed by atoms with Gasteiger partial charge >= 0.3 is 5.97 Å². The third-order valence-electron chi connectivity index (χ3n) is 3.61. The Morgan fingerprint density at radius 1 is 1.29 bits per heavy atom. The lowest BCUT2D eigenvalue weighted by molar-refractivity contribution is -0.131. The van der Waals surface area contributed by atoms with Crippen LogP contribution in [0.2, 0.25) is 0 Å². The molecular formula is C17H21NO3. The lowest BCUT2D eigenvalue weighted by atomic mass is 10.1. The zero-order valence-corrected chi connectivity index (χ0v) is 12.5. The molecule has 4 heteroatoms. The highest BCUT2D eigenvalue weighted by atomic mass is 16.4. The van der Waals surface area contributed by atoms with E-state index in [1.165, 1.54) is 18.9 Å². The second-order valence-electron chi connectivity index (χ2n) is 5.79. The van der Waals surface area contributed by atoms with Gasteiger partial charge in [-0.2, -0.15) is 0 Å². The van der Waals surface area contributed by atoms with Crippen molar-refractivity contribution in [2.75, 3.05) is 6.54 Å². The van der Waals surface area contributed by atoms with Gasteiger partial charge in [0.2, 0.25) is 0 Å². The summed E-state index contributed by atoms with van der Waals surface area (Å²) in [7, 11) is 0. The van der Waals surface area contributed by atoms with Crippen LogP contribution in [-0.2, 0) is 4.79 Å². The Hall–Kier alpha value is -2.10. The highest BCUT2D eigenvalue weighted by molar-refractivity contribution is 5.94. The molecule has 1 amide bonds. The van der Waals surface area contributed by atoms with E-state index in [9.17, 15) is 9.59 Å². The number of carboxylic acid groups (broad SMARTS) is 1. The molecule has 0 atom stereocenters. The summed E-state index contributed by atoms with van der Waals surface area (Å²) in [5, 5.41) is 8.59. The van der Waals surface area contributed by atoms with Crippen LogP contribution in [0.15, 0.2) is 30.3 Å². The van der Waals surface area contributed by atoms with E-state index in [2.05, 4.69) is 0 Å². The van der Waals surface area contributed by atoms with Gasteiger partial charge in [0.15, 0.2) is 0 Å². The van der Waals surface area contributed by atoms with Gasteiger partial charge in [0, 0.05) is 24.2 Å². The van der Waals surface area contributed by atoms with Crippen molar-refractivity contribution in [3.05, 3.63) is 41.5 Å². The van der Waals surface area contributed by atoms with Gasteiger partial charge in [0.1, 0.15) is 0 Å². The maximum absolute atomic E-state index is 12.5. The SMILES string of the molecule is CC(C)N(CC1CC1)C(=O)c1ccc(C=CC(=O)O)cc1. The number of hydrogen-bond donors (Lipinski definition) is 1. The molecule has 1 aromatic rings. The minimum Gasteiger partial charge on any atom is -0.478 e. The minimum atomic E-state index is -0.981. The number of rotatable bonds is 6. The van der Waals surface area contributed by atoms with E-state index in [4.69, 9.17) is 5.11 Å². The van der Waals surface area contributed by atoms with Gasteiger partial charge in [-0.05, 0) is 56.4 Å². The molecule has 0 saturated heterocycles. The third kappa shape index (κ3) is 4.45. The number of carbonyl (C=O) groups is 2. The van der Waals surface area contributed by atoms with Crippen LogP contribution < -0.4 is 0 Å². The molecule has 1 aromatic carbocycles. The maximum atomic E-state index is 12.5. The van der Waals surface area contributed by atoms with Crippen molar-refractivity contribution in [2.45, 2.75) is 32.7 Å². The Labute approximate surface area is 125 Å². The lowest BCUT2D eigenvalue weighted by Crippen LogP contribution is -2.38. The van der Waals surface area contributed by atoms with E-state index >= 15 is 0 Å². The largest absolute Gasteiger partial charge is 0.478 e. The van der Waals surface area contributed by atoms with E-state index < -0.39 is 5.97 Å². The Morgan fingerprint density at radius 2 is 1.90 bits per heavy atom. The summed E-state index contributed by atoms with van der Waals surface area (Å²) >= 11 is 0. The van der Waals surface area contributed by atoms with Gasteiger partial charge in [-0.25, -0.2) is 4.79 Å². The number of carbonyl (C=O) groups excluding carboxylic acids is 1. The molecule has 0 bridgehead atoms. The van der Waals surface area contributed by atoms with E-state index in [1.807, 2.05) is 18.7 Å². The van der Waals surface area contributed by atoms with E-state index in [0.717, 1.165) is 18.2 Å². The highest BCUT2D eigenvalue weighted by Gasteiger charge is 2.28. The smallest absolute Gasteiger partial charge is 0.328 e. The molecule has 0 spiro atoms. The molecule has 4 nitrogen and oxygen atoms in total. The van der Waals surface area contributed by atoms with Crippen molar-refractivity contribution >= 4 is 18.0 Å². The van der Waals surface area contributed by atoms with Crippen molar-refractivity contribution in [3.63, 3.8) is 0 Å². The van der Waals surface area contributed by atoms with E-state index in [-0.39, 0.29) is 11.9 Å². The van der Waals surface area contributed by atoms with Gasteiger partial charge in [-0.3, -0.25) is 4.79 Å². The predicted octanol–water partition coefficient (Wildman–Crippen LogP) is 3.05. The average Bonchev–Trinajstić information content (AvgIpc) is 3.26. The Balaban J connectivity index is 2.08. The summed E-state index contributed by atoms with van der Waals surface area (Å²) < 4.78 is 0. The summed E-state index contributed by atoms with van der Waals surface area (Å²) in [6.45, 7) is 4.89. The highest BCUT2D eigenvalue weighted by Crippen LogP contribution is 2.30. The van der Waals surface area contributed by atoms with E-state index in [0.29, 0.717) is 11.5 Å². The van der Waals surface area contributed by atoms with Crippen molar-refractivity contribution in [1.29, 1.82) is 0 Å². The maximum Gasteiger partial charge on any atom is 0.328 e. The molecule has 21 heavy (non-hydrogen) atoms. The second kappa shape index (κ2) is 6.57. The summed E-state index contributed by atoms with van der Waals surface area (Å²) in [6, 6.07) is 7.23. The number of benzene rings is 1. The first-order valence-electron chi connectivity index (χ1n) is 7.29. The molecule has 1 aliphatic carbocycles. The summed E-state index contributed by atoms with van der Waals surface area (Å²) in [5.74, 6) is -0.273. The first kappa shape index (κ1) is 15.3. The molecule has 2 rings (SSSR count). The average molecular weight is 287 g/mol. The zero-order chi connectivity index (χ0) is 15.4. The summed E-state index contributed by atoms with van der Waals surface area (Å²) in [4.78, 5) is 24.9. The molecule has 1 aliphatic rings. The molecular weight excluding hydrogens is 266 g/mol. The van der Waals surface area contributed by atoms with Crippen LogP contribution in [0.4, 0.5) is 0 Å². The Morgan fingerprint density at radius 3 is 2.38 bits per heavy atom. The van der Waals surface area contributed by atoms with Crippen molar-refractivity contribution < 1.29 is 14.7 Å². The van der Waals surface area contributed by atoms with Crippen LogP contribution in [0.5, 0.6) is 0 Å². The number of hydrogen-bond acceptors (Lipinski definition) is 2. The van der Waals surface area contributed by atoms with Gasteiger partial charge in [0.25, 0.3) is 5.91 Å². The third-order valence-corrected chi connectivity index (χ3v) is 3.61. The molecule has 112 valence electrons. The fourth-order valence-electron chi connectivity index (χ4n) is 2.18. The molecule has 0 unspecified atom stereocenters. The van der Waals surface area contributed by atoms with Crippen molar-refractivity contribution in [1.82, 2.24) is 4.90 Å². The van der Waals surface area contributed by atoms with Crippen LogP contribution in [0.3, 0.4) is 0 Å². The minimum absolute atomic E-state index is 0.0469. The monoisotopic (exact) mass is 287 g/mol. The first-order valence-corrected chi connectivity index (χ1v) is 7.29. The van der Waals surface area contributed by atoms with Crippen LogP contribution in [-0.4, -0.2) is 34.5 Å². The molecule has 0 heterocycles. The van der Waals surface area contributed by atoms with E-state index in [1.54, 1.807) is 24.3 Å². The van der Waals surface area contributed by atoms with Gasteiger partial charge < -0.3 is 10.0 Å². The van der Waals surface area contributed by atoms with Crippen molar-refractivity contribution in [3.8, 4) is 0 Å². The second-order valence-corrected chi connectivity index (χ2v) is 5.79. The number of amides is 1. The normalized spacial score (nSPS) is 14.6. The lowest BCUT2D eigenvalue weighted by Gasteiger charge is -2.27. The molecule has 0 aliphatic heterocycles. The molecule has 1 N–H and O–H groups in total. The van der Waals surface area contributed by atoms with Gasteiger partial charge in [-0.15, -0.1) is 0 Å². The summed E-state index contributed by atoms with van der Waals surface area (Å²) in [5.41, 5.74) is 1.42. The molecule has 0 aromatic heterocycles. The van der Waals surface area contributed by atoms with Crippen LogP contribution in [0, 0.1) is 5.92 Å². The van der Waals surface area contributed by atoms with Gasteiger partial charge in [0.05, 0.1) is 0 Å². The number of nitrogens with zero attached hydrogens (tertiary/aromatic N) is 1. The fraction of sp³-hybridized carbons (Fsp3) is 0.412. The topological polar surface area (TPSA) is 57.6 Å². The van der Waals surface area contributed by atoms with Crippen LogP contribution in [0.25, 0.3) is 6.08 Å². The predicted molar refractivity (Wildman–Crippen MR) is 82.0 cm³/mol. The zero-order valence-electron chi connectivity index (χ0n) is 12.5. The molecule has 1 fully saturated rings. The molecule has 1 saturated carbocycles. The van der Waals surface area contributed by atoms with Gasteiger partial charge in [-0.1, -0.05) is 12.1 Å². The number of carboxylic acids is 1. The molecule has 0 radical (unpaired) electrons. The fourth-order valence-corrected chi connectivity index (χ4v) is 2.18. The Bertz CT molecular complexity index is 542. The quantitative estimate of drug-likeness (QED) is 0.818. The van der Waals surface area contributed by atoms with Crippen molar-refractivity contribution in [2.24, 2.45) is 5.92 Å². The Kier molecular flexibility index (Phi) is 4.78. The standard InChI is InChI=1S/C17H21NO3/c1-12(2)18(11-14-3-4-14)17(21)15-8-5-13(6-9-15)7-10-16(19)20/h5-10,12,14H,3-4,11H2,1-2H3,(H,19,20). The summed E-state index contributed by atoms with van der Waals surface area (Å²) in [6.07, 6.45) is 5.04. The van der Waals surface area contributed by atoms with Crippen LogP contribution >= 0.6 is 0 Å².